The summed E-state index contributed by atoms with van der Waals surface area (Å²) >= 11 is 0. The van der Waals surface area contributed by atoms with Crippen molar-refractivity contribution in [2.24, 2.45) is 0 Å². The number of rotatable bonds is 6. The minimum atomic E-state index is -0.229. The number of aryl methyl sites for hydroxylation is 1. The van der Waals surface area contributed by atoms with Crippen LogP contribution in [0.5, 0.6) is 0 Å². The third kappa shape index (κ3) is 5.54. The molecule has 0 radical (unpaired) electrons. The summed E-state index contributed by atoms with van der Waals surface area (Å²) in [6.07, 6.45) is 7.67. The number of nitrogens with one attached hydrogen (secondary N) is 1. The van der Waals surface area contributed by atoms with Gasteiger partial charge in [-0.3, -0.25) is 0 Å². The van der Waals surface area contributed by atoms with Gasteiger partial charge in [0.15, 0.2) is 0 Å². The van der Waals surface area contributed by atoms with Gasteiger partial charge in [-0.25, -0.2) is 9.18 Å². The Morgan fingerprint density at radius 2 is 1.74 bits per heavy atom. The standard InChI is InChI=1S/C26H30FN3O/c1-20-9-15-23(16-10-20)28-26(31)30(24-6-3-2-4-7-24)19-25-8-5-17-29(25)18-21-11-13-22(27)14-12-21/h5,8-17,24H,2-4,6-7,18-19H2,1H3,(H,28,31). The average Bonchev–Trinajstić information content (AvgIpc) is 3.22. The molecule has 3 aromatic rings. The highest BCUT2D eigenvalue weighted by Crippen LogP contribution is 2.25. The van der Waals surface area contributed by atoms with Crippen LogP contribution in [0.4, 0.5) is 14.9 Å². The van der Waals surface area contributed by atoms with E-state index < -0.39 is 0 Å². The molecule has 4 nitrogen and oxygen atoms in total. The van der Waals surface area contributed by atoms with E-state index in [0.717, 1.165) is 42.6 Å². The number of carbonyl (C=O) groups excluding carboxylic acids is 1. The van der Waals surface area contributed by atoms with Crippen molar-refractivity contribution in [2.75, 3.05) is 5.32 Å². The number of aromatic nitrogens is 1. The summed E-state index contributed by atoms with van der Waals surface area (Å²) in [6.45, 7) is 3.24. The highest BCUT2D eigenvalue weighted by atomic mass is 19.1. The van der Waals surface area contributed by atoms with Gasteiger partial charge in [-0.05, 0) is 61.7 Å². The molecule has 1 aliphatic carbocycles. The van der Waals surface area contributed by atoms with Crippen LogP contribution < -0.4 is 5.32 Å². The maximum atomic E-state index is 13.3. The maximum Gasteiger partial charge on any atom is 0.322 e. The Balaban J connectivity index is 1.52. The van der Waals surface area contributed by atoms with Crippen molar-refractivity contribution in [2.45, 2.75) is 58.2 Å². The molecule has 1 fully saturated rings. The van der Waals surface area contributed by atoms with Gasteiger partial charge in [-0.1, -0.05) is 49.1 Å². The smallest absolute Gasteiger partial charge is 0.322 e. The van der Waals surface area contributed by atoms with Crippen molar-refractivity contribution >= 4 is 11.7 Å². The van der Waals surface area contributed by atoms with E-state index in [9.17, 15) is 9.18 Å². The Morgan fingerprint density at radius 1 is 1.03 bits per heavy atom. The van der Waals surface area contributed by atoms with Crippen LogP contribution in [0.3, 0.4) is 0 Å². The number of halogens is 1. The third-order valence-electron chi connectivity index (χ3n) is 6.10. The molecule has 0 bridgehead atoms. The van der Waals surface area contributed by atoms with Gasteiger partial charge in [0.05, 0.1) is 6.54 Å². The summed E-state index contributed by atoms with van der Waals surface area (Å²) in [7, 11) is 0. The number of anilines is 1. The lowest BCUT2D eigenvalue weighted by atomic mass is 9.94. The quantitative estimate of drug-likeness (QED) is 0.497. The lowest BCUT2D eigenvalue weighted by Gasteiger charge is -2.34. The van der Waals surface area contributed by atoms with E-state index in [-0.39, 0.29) is 17.9 Å². The molecule has 0 aliphatic heterocycles. The first-order valence-electron chi connectivity index (χ1n) is 11.1. The first-order valence-corrected chi connectivity index (χ1v) is 11.1. The van der Waals surface area contributed by atoms with Gasteiger partial charge in [0, 0.05) is 30.2 Å². The molecule has 5 heteroatoms. The van der Waals surface area contributed by atoms with E-state index in [2.05, 4.69) is 16.0 Å². The van der Waals surface area contributed by atoms with Crippen LogP contribution in [0.25, 0.3) is 0 Å². The molecule has 1 heterocycles. The van der Waals surface area contributed by atoms with Gasteiger partial charge in [-0.2, -0.15) is 0 Å². The van der Waals surface area contributed by atoms with Gasteiger partial charge in [0.2, 0.25) is 0 Å². The monoisotopic (exact) mass is 419 g/mol. The molecule has 1 aromatic heterocycles. The average molecular weight is 420 g/mol. The maximum absolute atomic E-state index is 13.3. The highest BCUT2D eigenvalue weighted by Gasteiger charge is 2.26. The third-order valence-corrected chi connectivity index (χ3v) is 6.10. The van der Waals surface area contributed by atoms with E-state index in [0.29, 0.717) is 13.1 Å². The van der Waals surface area contributed by atoms with Gasteiger partial charge in [0.1, 0.15) is 5.82 Å². The van der Waals surface area contributed by atoms with Gasteiger partial charge in [0.25, 0.3) is 0 Å². The Morgan fingerprint density at radius 3 is 2.45 bits per heavy atom. The van der Waals surface area contributed by atoms with Crippen LogP contribution >= 0.6 is 0 Å². The van der Waals surface area contributed by atoms with Gasteiger partial charge < -0.3 is 14.8 Å². The van der Waals surface area contributed by atoms with Crippen molar-refractivity contribution in [1.29, 1.82) is 0 Å². The number of benzene rings is 2. The summed E-state index contributed by atoms with van der Waals surface area (Å²) in [5.41, 5.74) is 4.10. The molecule has 2 aromatic carbocycles. The zero-order valence-electron chi connectivity index (χ0n) is 18.1. The number of amides is 2. The van der Waals surface area contributed by atoms with Crippen LogP contribution in [-0.2, 0) is 13.1 Å². The molecule has 0 atom stereocenters. The van der Waals surface area contributed by atoms with Crippen LogP contribution in [-0.4, -0.2) is 21.5 Å². The molecule has 1 N–H and O–H groups in total. The first-order chi connectivity index (χ1) is 15.1. The van der Waals surface area contributed by atoms with Gasteiger partial charge in [-0.15, -0.1) is 0 Å². The largest absolute Gasteiger partial charge is 0.345 e. The fourth-order valence-electron chi connectivity index (χ4n) is 4.30. The van der Waals surface area contributed by atoms with Gasteiger partial charge >= 0.3 is 6.03 Å². The summed E-state index contributed by atoms with van der Waals surface area (Å²) in [5, 5.41) is 3.09. The second-order valence-electron chi connectivity index (χ2n) is 8.47. The molecule has 0 saturated heterocycles. The minimum absolute atomic E-state index is 0.0507. The molecule has 4 rings (SSSR count). The number of carbonyl (C=O) groups is 1. The summed E-state index contributed by atoms with van der Waals surface area (Å²) < 4.78 is 15.4. The van der Waals surface area contributed by atoms with Crippen LogP contribution in [0.1, 0.15) is 48.9 Å². The number of urea groups is 1. The van der Waals surface area contributed by atoms with Crippen LogP contribution in [0.2, 0.25) is 0 Å². The number of nitrogens with zero attached hydrogens (tertiary/aromatic N) is 2. The normalized spacial score (nSPS) is 14.4. The predicted molar refractivity (Wildman–Crippen MR) is 123 cm³/mol. The summed E-state index contributed by atoms with van der Waals surface area (Å²) in [5.74, 6) is -0.229. The second-order valence-corrected chi connectivity index (χ2v) is 8.47. The first kappa shape index (κ1) is 21.2. The highest BCUT2D eigenvalue weighted by molar-refractivity contribution is 5.89. The molecular weight excluding hydrogens is 389 g/mol. The fraction of sp³-hybridized carbons (Fsp3) is 0.346. The molecule has 1 saturated carbocycles. The lowest BCUT2D eigenvalue weighted by molar-refractivity contribution is 0.161. The zero-order valence-corrected chi connectivity index (χ0v) is 18.1. The van der Waals surface area contributed by atoms with Crippen molar-refractivity contribution < 1.29 is 9.18 Å². The zero-order chi connectivity index (χ0) is 21.6. The SMILES string of the molecule is Cc1ccc(NC(=O)N(Cc2cccn2Cc2ccc(F)cc2)C2CCCCC2)cc1. The molecule has 0 unspecified atom stereocenters. The fourth-order valence-corrected chi connectivity index (χ4v) is 4.30. The minimum Gasteiger partial charge on any atom is -0.345 e. The Bertz CT molecular complexity index is 988. The molecule has 1 aliphatic rings. The van der Waals surface area contributed by atoms with E-state index in [1.165, 1.54) is 24.1 Å². The molecule has 31 heavy (non-hydrogen) atoms. The number of hydrogen-bond acceptors (Lipinski definition) is 1. The Kier molecular flexibility index (Phi) is 6.70. The van der Waals surface area contributed by atoms with E-state index >= 15 is 0 Å². The topological polar surface area (TPSA) is 37.3 Å². The van der Waals surface area contributed by atoms with Crippen LogP contribution in [0, 0.1) is 12.7 Å². The molecule has 2 amide bonds. The van der Waals surface area contributed by atoms with E-state index in [4.69, 9.17) is 0 Å². The number of hydrogen-bond donors (Lipinski definition) is 1. The molecular formula is C26H30FN3O. The van der Waals surface area contributed by atoms with Crippen molar-refractivity contribution in [3.63, 3.8) is 0 Å². The second kappa shape index (κ2) is 9.82. The van der Waals surface area contributed by atoms with Crippen molar-refractivity contribution in [1.82, 2.24) is 9.47 Å². The van der Waals surface area contributed by atoms with E-state index in [1.807, 2.05) is 60.5 Å². The Labute approximate surface area is 183 Å². The van der Waals surface area contributed by atoms with E-state index in [1.54, 1.807) is 0 Å². The van der Waals surface area contributed by atoms with Crippen molar-refractivity contribution in [3.8, 4) is 0 Å². The summed E-state index contributed by atoms with van der Waals surface area (Å²) in [6, 6.07) is 18.8. The van der Waals surface area contributed by atoms with Crippen LogP contribution in [0.15, 0.2) is 66.9 Å². The van der Waals surface area contributed by atoms with Crippen molar-refractivity contribution in [3.05, 3.63) is 89.5 Å². The molecule has 162 valence electrons. The predicted octanol–water partition coefficient (Wildman–Crippen LogP) is 6.35. The lowest BCUT2D eigenvalue weighted by Crippen LogP contribution is -2.43. The summed E-state index contributed by atoms with van der Waals surface area (Å²) in [4.78, 5) is 15.3. The Hall–Kier alpha value is -3.08. The molecule has 0 spiro atoms.